The summed E-state index contributed by atoms with van der Waals surface area (Å²) >= 11 is 7.41. The molecule has 0 bridgehead atoms. The molecule has 96 valence electrons. The molecule has 6 nitrogen and oxygen atoms in total. The summed E-state index contributed by atoms with van der Waals surface area (Å²) in [6.07, 6.45) is 2.75. The highest BCUT2D eigenvalue weighted by atomic mass is 35.5. The van der Waals surface area contributed by atoms with E-state index in [2.05, 4.69) is 37.5 Å². The number of thiazole rings is 1. The lowest BCUT2D eigenvalue weighted by atomic mass is 10.5. The molecule has 0 saturated heterocycles. The van der Waals surface area contributed by atoms with Crippen molar-refractivity contribution in [2.24, 2.45) is 0 Å². The Morgan fingerprint density at radius 1 is 1.22 bits per heavy atom. The molecular formula is C10H13ClN6S. The molecule has 0 aromatic carbocycles. The van der Waals surface area contributed by atoms with Crippen LogP contribution in [0.25, 0.3) is 0 Å². The number of halogens is 1. The van der Waals surface area contributed by atoms with Crippen LogP contribution in [0, 0.1) is 0 Å². The molecule has 0 saturated carbocycles. The number of anilines is 2. The molecule has 0 unspecified atom stereocenters. The van der Waals surface area contributed by atoms with Crippen LogP contribution in [0.5, 0.6) is 0 Å². The third kappa shape index (κ3) is 3.78. The smallest absolute Gasteiger partial charge is 0.229 e. The van der Waals surface area contributed by atoms with Gasteiger partial charge in [-0.3, -0.25) is 0 Å². The Labute approximate surface area is 114 Å². The highest BCUT2D eigenvalue weighted by Gasteiger charge is 2.04. The second kappa shape index (κ2) is 6.46. The summed E-state index contributed by atoms with van der Waals surface area (Å²) in [5.74, 6) is 0.933. The van der Waals surface area contributed by atoms with E-state index >= 15 is 0 Å². The molecule has 0 aliphatic heterocycles. The highest BCUT2D eigenvalue weighted by molar-refractivity contribution is 7.09. The normalized spacial score (nSPS) is 10.3. The zero-order valence-electron chi connectivity index (χ0n) is 9.85. The maximum absolute atomic E-state index is 5.83. The minimum absolute atomic E-state index is 0.172. The van der Waals surface area contributed by atoms with Gasteiger partial charge >= 0.3 is 0 Å². The molecule has 0 fully saturated rings. The van der Waals surface area contributed by atoms with E-state index in [9.17, 15) is 0 Å². The molecule has 0 aliphatic rings. The van der Waals surface area contributed by atoms with E-state index in [0.717, 1.165) is 18.0 Å². The van der Waals surface area contributed by atoms with Crippen LogP contribution in [-0.2, 0) is 6.54 Å². The Hall–Kier alpha value is -1.47. The number of rotatable bonds is 6. The van der Waals surface area contributed by atoms with Crippen molar-refractivity contribution in [2.45, 2.75) is 19.9 Å². The summed E-state index contributed by atoms with van der Waals surface area (Å²) in [5, 5.41) is 9.20. The fourth-order valence-corrected chi connectivity index (χ4v) is 1.96. The van der Waals surface area contributed by atoms with E-state index in [0.29, 0.717) is 18.4 Å². The quantitative estimate of drug-likeness (QED) is 0.848. The van der Waals surface area contributed by atoms with Crippen LogP contribution in [0.4, 0.5) is 11.9 Å². The van der Waals surface area contributed by atoms with E-state index in [4.69, 9.17) is 11.6 Å². The molecule has 18 heavy (non-hydrogen) atoms. The van der Waals surface area contributed by atoms with E-state index in [1.807, 2.05) is 5.38 Å². The summed E-state index contributed by atoms with van der Waals surface area (Å²) in [6, 6.07) is 0. The van der Waals surface area contributed by atoms with E-state index < -0.39 is 0 Å². The van der Waals surface area contributed by atoms with Crippen molar-refractivity contribution in [1.29, 1.82) is 0 Å². The lowest BCUT2D eigenvalue weighted by molar-refractivity contribution is 0.931. The van der Waals surface area contributed by atoms with Crippen molar-refractivity contribution in [3.05, 3.63) is 21.9 Å². The molecule has 0 amide bonds. The van der Waals surface area contributed by atoms with Crippen LogP contribution in [0.2, 0.25) is 5.28 Å². The van der Waals surface area contributed by atoms with Crippen LogP contribution in [-0.4, -0.2) is 26.5 Å². The molecular weight excluding hydrogens is 272 g/mol. The van der Waals surface area contributed by atoms with Crippen LogP contribution >= 0.6 is 22.9 Å². The second-order valence-corrected chi connectivity index (χ2v) is 4.78. The summed E-state index contributed by atoms with van der Waals surface area (Å²) in [5.41, 5.74) is 0. The number of nitrogens with one attached hydrogen (secondary N) is 2. The summed E-state index contributed by atoms with van der Waals surface area (Å²) in [6.45, 7) is 3.44. The number of aromatic nitrogens is 4. The monoisotopic (exact) mass is 284 g/mol. The molecule has 0 atom stereocenters. The first kappa shape index (κ1) is 13.0. The Morgan fingerprint density at radius 2 is 2.00 bits per heavy atom. The Kier molecular flexibility index (Phi) is 4.66. The Morgan fingerprint density at radius 3 is 2.67 bits per heavy atom. The van der Waals surface area contributed by atoms with Gasteiger partial charge in [0.2, 0.25) is 17.2 Å². The van der Waals surface area contributed by atoms with Crippen LogP contribution < -0.4 is 10.6 Å². The van der Waals surface area contributed by atoms with Crippen molar-refractivity contribution in [2.75, 3.05) is 17.2 Å². The summed E-state index contributed by atoms with van der Waals surface area (Å²) < 4.78 is 0. The summed E-state index contributed by atoms with van der Waals surface area (Å²) in [4.78, 5) is 16.4. The topological polar surface area (TPSA) is 75.6 Å². The average molecular weight is 285 g/mol. The SMILES string of the molecule is CCCNc1nc(Cl)nc(NCc2nccs2)n1. The molecule has 2 rings (SSSR count). The molecule has 0 aliphatic carbocycles. The number of hydrogen-bond donors (Lipinski definition) is 2. The third-order valence-electron chi connectivity index (χ3n) is 2.02. The van der Waals surface area contributed by atoms with Gasteiger partial charge in [-0.25, -0.2) is 4.98 Å². The Balaban J connectivity index is 2.00. The first-order valence-corrected chi connectivity index (χ1v) is 6.81. The fourth-order valence-electron chi connectivity index (χ4n) is 1.24. The van der Waals surface area contributed by atoms with Gasteiger partial charge in [0.15, 0.2) is 0 Å². The Bertz CT molecular complexity index is 489. The van der Waals surface area contributed by atoms with E-state index in [-0.39, 0.29) is 5.28 Å². The molecule has 0 spiro atoms. The molecule has 0 radical (unpaired) electrons. The van der Waals surface area contributed by atoms with Gasteiger partial charge in [-0.15, -0.1) is 11.3 Å². The lowest BCUT2D eigenvalue weighted by Crippen LogP contribution is -2.09. The van der Waals surface area contributed by atoms with Crippen molar-refractivity contribution in [1.82, 2.24) is 19.9 Å². The van der Waals surface area contributed by atoms with Crippen LogP contribution in [0.1, 0.15) is 18.4 Å². The second-order valence-electron chi connectivity index (χ2n) is 3.46. The van der Waals surface area contributed by atoms with Gasteiger partial charge in [-0.05, 0) is 18.0 Å². The van der Waals surface area contributed by atoms with Gasteiger partial charge in [0, 0.05) is 18.1 Å². The van der Waals surface area contributed by atoms with Gasteiger partial charge in [-0.2, -0.15) is 15.0 Å². The lowest BCUT2D eigenvalue weighted by Gasteiger charge is -2.06. The van der Waals surface area contributed by atoms with Gasteiger partial charge in [-0.1, -0.05) is 6.92 Å². The van der Waals surface area contributed by atoms with Gasteiger partial charge in [0.25, 0.3) is 0 Å². The van der Waals surface area contributed by atoms with Crippen LogP contribution in [0.3, 0.4) is 0 Å². The number of nitrogens with zero attached hydrogens (tertiary/aromatic N) is 4. The van der Waals surface area contributed by atoms with Crippen molar-refractivity contribution >= 4 is 34.8 Å². The zero-order chi connectivity index (χ0) is 12.8. The van der Waals surface area contributed by atoms with Crippen molar-refractivity contribution < 1.29 is 0 Å². The minimum atomic E-state index is 0.172. The summed E-state index contributed by atoms with van der Waals surface area (Å²) in [7, 11) is 0. The first-order chi connectivity index (χ1) is 8.78. The molecule has 2 aromatic rings. The largest absolute Gasteiger partial charge is 0.354 e. The van der Waals surface area contributed by atoms with Gasteiger partial charge < -0.3 is 10.6 Å². The molecule has 8 heteroatoms. The zero-order valence-corrected chi connectivity index (χ0v) is 11.4. The van der Waals surface area contributed by atoms with E-state index in [1.54, 1.807) is 17.5 Å². The fraction of sp³-hybridized carbons (Fsp3) is 0.400. The van der Waals surface area contributed by atoms with Gasteiger partial charge in [0.1, 0.15) is 5.01 Å². The molecule has 2 N–H and O–H groups in total. The maximum atomic E-state index is 5.83. The van der Waals surface area contributed by atoms with Crippen molar-refractivity contribution in [3.8, 4) is 0 Å². The van der Waals surface area contributed by atoms with E-state index in [1.165, 1.54) is 0 Å². The highest BCUT2D eigenvalue weighted by Crippen LogP contribution is 2.11. The predicted octanol–water partition coefficient (Wildman–Crippen LogP) is 2.42. The molecule has 2 heterocycles. The third-order valence-corrected chi connectivity index (χ3v) is 2.97. The minimum Gasteiger partial charge on any atom is -0.354 e. The van der Waals surface area contributed by atoms with Crippen LogP contribution in [0.15, 0.2) is 11.6 Å². The maximum Gasteiger partial charge on any atom is 0.229 e. The average Bonchev–Trinajstić information content (AvgIpc) is 2.86. The standard InChI is InChI=1S/C10H13ClN6S/c1-2-3-13-9-15-8(11)16-10(17-9)14-6-7-12-4-5-18-7/h4-5H,2-3,6H2,1H3,(H2,13,14,15,16,17). The van der Waals surface area contributed by atoms with Crippen molar-refractivity contribution in [3.63, 3.8) is 0 Å². The van der Waals surface area contributed by atoms with Gasteiger partial charge in [0.05, 0.1) is 6.54 Å². The number of hydrogen-bond acceptors (Lipinski definition) is 7. The first-order valence-electron chi connectivity index (χ1n) is 5.55. The predicted molar refractivity (Wildman–Crippen MR) is 73.1 cm³/mol. The molecule has 2 aromatic heterocycles.